The first-order valence-corrected chi connectivity index (χ1v) is 7.96. The van der Waals surface area contributed by atoms with Gasteiger partial charge >= 0.3 is 0 Å². The van der Waals surface area contributed by atoms with Gasteiger partial charge in [-0.15, -0.1) is 0 Å². The minimum absolute atomic E-state index is 0.0148. The van der Waals surface area contributed by atoms with E-state index in [9.17, 15) is 13.5 Å². The van der Waals surface area contributed by atoms with Crippen LogP contribution in [0.2, 0.25) is 0 Å². The molecule has 1 heterocycles. The van der Waals surface area contributed by atoms with Crippen molar-refractivity contribution in [1.29, 1.82) is 0 Å². The fraction of sp³-hybridized carbons (Fsp3) is 0.357. The van der Waals surface area contributed by atoms with E-state index in [1.807, 2.05) is 0 Å². The number of pyridine rings is 1. The molecule has 1 aliphatic rings. The van der Waals surface area contributed by atoms with Gasteiger partial charge in [0.1, 0.15) is 11.3 Å². The second-order valence-corrected chi connectivity index (χ2v) is 7.12. The molecule has 0 spiro atoms. The highest BCUT2D eigenvalue weighted by molar-refractivity contribution is 7.92. The Labute approximate surface area is 112 Å². The van der Waals surface area contributed by atoms with E-state index in [1.54, 1.807) is 18.2 Å². The molecule has 0 saturated heterocycles. The molecule has 2 aromatic rings. The lowest BCUT2D eigenvalue weighted by Gasteiger charge is -2.11. The van der Waals surface area contributed by atoms with Crippen molar-refractivity contribution in [2.24, 2.45) is 0 Å². The normalized spacial score (nSPS) is 17.1. The van der Waals surface area contributed by atoms with Crippen LogP contribution in [0.1, 0.15) is 25.7 Å². The minimum Gasteiger partial charge on any atom is -0.506 e. The minimum atomic E-state index is -3.37. The van der Waals surface area contributed by atoms with Crippen molar-refractivity contribution in [3.8, 4) is 5.75 Å². The SMILES string of the molecule is O=S(=O)(c1ccc2cccc(O)c2n1)C1CCCC1. The number of para-hydroxylation sites is 1. The van der Waals surface area contributed by atoms with Crippen molar-refractivity contribution in [3.63, 3.8) is 0 Å². The molecule has 0 aliphatic heterocycles. The van der Waals surface area contributed by atoms with E-state index < -0.39 is 9.84 Å². The van der Waals surface area contributed by atoms with Crippen LogP contribution in [-0.2, 0) is 9.84 Å². The van der Waals surface area contributed by atoms with Crippen molar-refractivity contribution >= 4 is 20.7 Å². The molecule has 1 N–H and O–H groups in total. The van der Waals surface area contributed by atoms with Crippen LogP contribution in [0.3, 0.4) is 0 Å². The van der Waals surface area contributed by atoms with Crippen LogP contribution in [0.15, 0.2) is 35.4 Å². The third kappa shape index (κ3) is 2.08. The maximum atomic E-state index is 12.4. The molecule has 19 heavy (non-hydrogen) atoms. The van der Waals surface area contributed by atoms with Gasteiger partial charge in [0.2, 0.25) is 0 Å². The number of rotatable bonds is 2. The van der Waals surface area contributed by atoms with E-state index in [4.69, 9.17) is 0 Å². The lowest BCUT2D eigenvalue weighted by molar-refractivity contribution is 0.480. The first-order valence-electron chi connectivity index (χ1n) is 6.42. The first kappa shape index (κ1) is 12.4. The topological polar surface area (TPSA) is 67.3 Å². The molecule has 0 atom stereocenters. The summed E-state index contributed by atoms with van der Waals surface area (Å²) in [4.78, 5) is 4.15. The summed E-state index contributed by atoms with van der Waals surface area (Å²) in [6.45, 7) is 0. The Balaban J connectivity index is 2.13. The van der Waals surface area contributed by atoms with E-state index in [2.05, 4.69) is 4.98 Å². The number of phenols is 1. The Bertz CT molecular complexity index is 719. The van der Waals surface area contributed by atoms with Crippen molar-refractivity contribution in [2.45, 2.75) is 36.0 Å². The summed E-state index contributed by atoms with van der Waals surface area (Å²) in [5.41, 5.74) is 0.349. The average Bonchev–Trinajstić information content (AvgIpc) is 2.93. The number of nitrogens with zero attached hydrogens (tertiary/aromatic N) is 1. The molecule has 0 radical (unpaired) electrons. The summed E-state index contributed by atoms with van der Waals surface area (Å²) in [5, 5.41) is 10.3. The van der Waals surface area contributed by atoms with Gasteiger partial charge in [-0.25, -0.2) is 13.4 Å². The largest absolute Gasteiger partial charge is 0.506 e. The lowest BCUT2D eigenvalue weighted by atomic mass is 10.2. The van der Waals surface area contributed by atoms with Gasteiger partial charge in [0, 0.05) is 5.39 Å². The summed E-state index contributed by atoms with van der Waals surface area (Å²) in [7, 11) is -3.37. The molecule has 1 fully saturated rings. The Morgan fingerprint density at radius 1 is 1.11 bits per heavy atom. The summed E-state index contributed by atoms with van der Waals surface area (Å²) < 4.78 is 24.9. The van der Waals surface area contributed by atoms with Crippen molar-refractivity contribution in [2.75, 3.05) is 0 Å². The number of aromatic nitrogens is 1. The molecule has 1 saturated carbocycles. The summed E-state index contributed by atoms with van der Waals surface area (Å²) in [5.74, 6) is 0.0148. The molecule has 3 rings (SSSR count). The Kier molecular flexibility index (Phi) is 2.93. The summed E-state index contributed by atoms with van der Waals surface area (Å²) in [6.07, 6.45) is 3.34. The van der Waals surface area contributed by atoms with Crippen molar-refractivity contribution < 1.29 is 13.5 Å². The van der Waals surface area contributed by atoms with E-state index in [-0.39, 0.29) is 16.0 Å². The monoisotopic (exact) mass is 277 g/mol. The zero-order chi connectivity index (χ0) is 13.5. The van der Waals surface area contributed by atoms with Gasteiger partial charge in [0.05, 0.1) is 5.25 Å². The highest BCUT2D eigenvalue weighted by Crippen LogP contribution is 2.30. The number of phenolic OH excluding ortho intramolecular Hbond substituents is 1. The van der Waals surface area contributed by atoms with Crippen molar-refractivity contribution in [3.05, 3.63) is 30.3 Å². The Morgan fingerprint density at radius 2 is 1.84 bits per heavy atom. The Hall–Kier alpha value is -1.62. The van der Waals surface area contributed by atoms with E-state index in [0.29, 0.717) is 18.4 Å². The molecule has 0 amide bonds. The number of fused-ring (bicyclic) bond motifs is 1. The van der Waals surface area contributed by atoms with Crippen LogP contribution in [0.25, 0.3) is 10.9 Å². The van der Waals surface area contributed by atoms with Crippen LogP contribution in [-0.4, -0.2) is 23.8 Å². The highest BCUT2D eigenvalue weighted by atomic mass is 32.2. The average molecular weight is 277 g/mol. The molecule has 1 aliphatic carbocycles. The van der Waals surface area contributed by atoms with Gasteiger partial charge in [0.25, 0.3) is 0 Å². The smallest absolute Gasteiger partial charge is 0.198 e. The van der Waals surface area contributed by atoms with E-state index in [1.165, 1.54) is 12.1 Å². The van der Waals surface area contributed by atoms with Crippen molar-refractivity contribution in [1.82, 2.24) is 4.98 Å². The molecule has 5 heteroatoms. The maximum Gasteiger partial charge on any atom is 0.198 e. The summed E-state index contributed by atoms with van der Waals surface area (Å²) >= 11 is 0. The predicted octanol–water partition coefficient (Wildman–Crippen LogP) is 2.66. The lowest BCUT2D eigenvalue weighted by Crippen LogP contribution is -2.18. The van der Waals surface area contributed by atoms with Gasteiger partial charge < -0.3 is 5.11 Å². The van der Waals surface area contributed by atoms with Crippen LogP contribution < -0.4 is 0 Å². The van der Waals surface area contributed by atoms with Gasteiger partial charge in [-0.1, -0.05) is 25.0 Å². The second kappa shape index (κ2) is 4.49. The molecule has 4 nitrogen and oxygen atoms in total. The third-order valence-corrected chi connectivity index (χ3v) is 5.87. The highest BCUT2D eigenvalue weighted by Gasteiger charge is 2.31. The molecule has 1 aromatic carbocycles. The quantitative estimate of drug-likeness (QED) is 0.916. The fourth-order valence-electron chi connectivity index (χ4n) is 2.64. The second-order valence-electron chi connectivity index (χ2n) is 4.95. The zero-order valence-electron chi connectivity index (χ0n) is 10.4. The zero-order valence-corrected chi connectivity index (χ0v) is 11.2. The Morgan fingerprint density at radius 3 is 2.58 bits per heavy atom. The van der Waals surface area contributed by atoms with Crippen LogP contribution in [0.5, 0.6) is 5.75 Å². The van der Waals surface area contributed by atoms with Gasteiger partial charge in [-0.05, 0) is 31.0 Å². The van der Waals surface area contributed by atoms with Crippen LogP contribution in [0.4, 0.5) is 0 Å². The molecular formula is C14H15NO3S. The molecule has 0 unspecified atom stereocenters. The van der Waals surface area contributed by atoms with Gasteiger partial charge in [-0.2, -0.15) is 0 Å². The van der Waals surface area contributed by atoms with Gasteiger partial charge in [-0.3, -0.25) is 0 Å². The van der Waals surface area contributed by atoms with Crippen LogP contribution >= 0.6 is 0 Å². The maximum absolute atomic E-state index is 12.4. The van der Waals surface area contributed by atoms with E-state index in [0.717, 1.165) is 18.2 Å². The number of hydrogen-bond donors (Lipinski definition) is 1. The molecule has 0 bridgehead atoms. The van der Waals surface area contributed by atoms with Crippen LogP contribution in [0, 0.1) is 0 Å². The third-order valence-electron chi connectivity index (χ3n) is 3.71. The predicted molar refractivity (Wildman–Crippen MR) is 72.8 cm³/mol. The number of aromatic hydroxyl groups is 1. The fourth-order valence-corrected chi connectivity index (χ4v) is 4.41. The van der Waals surface area contributed by atoms with Gasteiger partial charge in [0.15, 0.2) is 14.9 Å². The molecule has 100 valence electrons. The number of sulfone groups is 1. The number of benzene rings is 1. The van der Waals surface area contributed by atoms with E-state index >= 15 is 0 Å². The molecular weight excluding hydrogens is 262 g/mol. The molecule has 1 aromatic heterocycles. The summed E-state index contributed by atoms with van der Waals surface area (Å²) in [6, 6.07) is 8.26. The number of hydrogen-bond acceptors (Lipinski definition) is 4. The first-order chi connectivity index (χ1) is 9.09. The standard InChI is InChI=1S/C14H15NO3S/c16-12-7-3-4-10-8-9-13(15-14(10)12)19(17,18)11-5-1-2-6-11/h3-4,7-9,11,16H,1-2,5-6H2.